The van der Waals surface area contributed by atoms with Crippen molar-refractivity contribution in [2.24, 2.45) is 11.8 Å². The zero-order chi connectivity index (χ0) is 16.3. The molecule has 1 saturated heterocycles. The number of benzene rings is 2. The Morgan fingerprint density at radius 2 is 1.35 bits per heavy atom. The van der Waals surface area contributed by atoms with Crippen LogP contribution in [0.4, 0.5) is 5.69 Å². The molecule has 1 unspecified atom stereocenters. The van der Waals surface area contributed by atoms with E-state index in [1.165, 1.54) is 4.90 Å². The molecule has 0 radical (unpaired) electrons. The van der Waals surface area contributed by atoms with Gasteiger partial charge in [-0.3, -0.25) is 9.59 Å². The number of hydrogen-bond acceptors (Lipinski definition) is 2. The Balaban J connectivity index is 1.64. The monoisotopic (exact) mass is 457 g/mol. The molecule has 116 valence electrons. The van der Waals surface area contributed by atoms with E-state index in [-0.39, 0.29) is 29.6 Å². The van der Waals surface area contributed by atoms with Crippen LogP contribution in [0, 0.1) is 15.4 Å². The van der Waals surface area contributed by atoms with Gasteiger partial charge in [-0.15, -0.1) is 0 Å². The van der Waals surface area contributed by atoms with Gasteiger partial charge in [0.25, 0.3) is 0 Å². The molecule has 0 bridgehead atoms. The van der Waals surface area contributed by atoms with E-state index in [2.05, 4.69) is 22.6 Å². The van der Waals surface area contributed by atoms with Crippen LogP contribution in [0.3, 0.4) is 0 Å². The first-order valence-corrected chi connectivity index (χ1v) is 8.90. The number of carbonyl (C=O) groups excluding carboxylic acids is 2. The van der Waals surface area contributed by atoms with Gasteiger partial charge >= 0.3 is 0 Å². The van der Waals surface area contributed by atoms with Crippen molar-refractivity contribution in [3.05, 3.63) is 61.6 Å². The van der Waals surface area contributed by atoms with Crippen molar-refractivity contribution < 1.29 is 9.59 Å². The minimum absolute atomic E-state index is 0.00194. The van der Waals surface area contributed by atoms with Crippen LogP contribution in [-0.4, -0.2) is 11.8 Å². The number of piperidine rings is 1. The van der Waals surface area contributed by atoms with E-state index in [9.17, 15) is 9.59 Å². The van der Waals surface area contributed by atoms with Gasteiger partial charge in [0.05, 0.1) is 17.5 Å². The summed E-state index contributed by atoms with van der Waals surface area (Å²) in [7, 11) is 0. The normalized spacial score (nSPS) is 25.7. The lowest BCUT2D eigenvalue weighted by atomic mass is 10.1. The van der Waals surface area contributed by atoms with Crippen molar-refractivity contribution in [3.63, 3.8) is 0 Å². The van der Waals surface area contributed by atoms with Crippen LogP contribution in [0.2, 0.25) is 10.0 Å². The van der Waals surface area contributed by atoms with Gasteiger partial charge in [0, 0.05) is 19.5 Å². The second-order valence-corrected chi connectivity index (χ2v) is 7.89. The standard InChI is InChI=1S/C17H10Cl2INO2/c18-9-5-10(19)7-12(6-9)21-16(22)14-13(15(14)17(21)23)8-1-3-11(20)4-2-8/h1-7,13-15H/t13?,14-,15+. The van der Waals surface area contributed by atoms with Crippen LogP contribution < -0.4 is 4.90 Å². The molecule has 1 saturated carbocycles. The number of anilines is 1. The first kappa shape index (κ1) is 15.4. The number of carbonyl (C=O) groups is 2. The average molecular weight is 458 g/mol. The molecule has 1 aliphatic heterocycles. The molecule has 23 heavy (non-hydrogen) atoms. The van der Waals surface area contributed by atoms with E-state index in [1.54, 1.807) is 18.2 Å². The molecule has 3 nitrogen and oxygen atoms in total. The molecule has 2 amide bonds. The lowest BCUT2D eigenvalue weighted by Crippen LogP contribution is -2.34. The van der Waals surface area contributed by atoms with Crippen LogP contribution in [0.15, 0.2) is 42.5 Å². The maximum Gasteiger partial charge on any atom is 0.238 e. The van der Waals surface area contributed by atoms with E-state index in [1.807, 2.05) is 24.3 Å². The highest BCUT2D eigenvalue weighted by atomic mass is 127. The van der Waals surface area contributed by atoms with E-state index < -0.39 is 0 Å². The molecule has 1 aliphatic carbocycles. The van der Waals surface area contributed by atoms with Crippen molar-refractivity contribution >= 4 is 63.3 Å². The van der Waals surface area contributed by atoms with Crippen LogP contribution in [0.25, 0.3) is 0 Å². The van der Waals surface area contributed by atoms with Crippen molar-refractivity contribution in [1.82, 2.24) is 0 Å². The summed E-state index contributed by atoms with van der Waals surface area (Å²) < 4.78 is 1.13. The molecule has 4 rings (SSSR count). The second kappa shape index (κ2) is 5.46. The van der Waals surface area contributed by atoms with E-state index in [0.29, 0.717) is 15.7 Å². The number of imide groups is 1. The zero-order valence-corrected chi connectivity index (χ0v) is 15.3. The van der Waals surface area contributed by atoms with Crippen LogP contribution in [0.1, 0.15) is 11.5 Å². The second-order valence-electron chi connectivity index (χ2n) is 5.77. The lowest BCUT2D eigenvalue weighted by Gasteiger charge is -2.19. The summed E-state index contributed by atoms with van der Waals surface area (Å²) in [6, 6.07) is 12.7. The highest BCUT2D eigenvalue weighted by Gasteiger charge is 2.67. The summed E-state index contributed by atoms with van der Waals surface area (Å²) in [4.78, 5) is 26.5. The van der Waals surface area contributed by atoms with Crippen molar-refractivity contribution in [1.29, 1.82) is 0 Å². The van der Waals surface area contributed by atoms with Gasteiger partial charge in [0.15, 0.2) is 0 Å². The predicted molar refractivity (Wildman–Crippen MR) is 97.8 cm³/mol. The van der Waals surface area contributed by atoms with Gasteiger partial charge in [-0.1, -0.05) is 35.3 Å². The van der Waals surface area contributed by atoms with Gasteiger partial charge < -0.3 is 0 Å². The number of hydrogen-bond donors (Lipinski definition) is 0. The van der Waals surface area contributed by atoms with E-state index in [4.69, 9.17) is 23.2 Å². The third-order valence-corrected chi connectivity index (χ3v) is 5.55. The smallest absolute Gasteiger partial charge is 0.238 e. The molecule has 2 aromatic carbocycles. The van der Waals surface area contributed by atoms with Crippen LogP contribution in [-0.2, 0) is 9.59 Å². The molecule has 0 spiro atoms. The summed E-state index contributed by atoms with van der Waals surface area (Å²) >= 11 is 14.2. The van der Waals surface area contributed by atoms with Crippen molar-refractivity contribution in [2.45, 2.75) is 5.92 Å². The molecule has 2 aliphatic rings. The minimum Gasteiger partial charge on any atom is -0.274 e. The van der Waals surface area contributed by atoms with Gasteiger partial charge in [0.2, 0.25) is 11.8 Å². The fraction of sp³-hybridized carbons (Fsp3) is 0.176. The highest BCUT2D eigenvalue weighted by Crippen LogP contribution is 2.60. The third kappa shape index (κ3) is 2.47. The van der Waals surface area contributed by atoms with Crippen molar-refractivity contribution in [2.75, 3.05) is 4.90 Å². The fourth-order valence-corrected chi connectivity index (χ4v) is 4.23. The summed E-state index contributed by atoms with van der Waals surface area (Å²) in [6.45, 7) is 0. The number of amides is 2. The topological polar surface area (TPSA) is 37.4 Å². The molecule has 0 aromatic heterocycles. The lowest BCUT2D eigenvalue weighted by molar-refractivity contribution is -0.123. The Morgan fingerprint density at radius 1 is 0.826 bits per heavy atom. The molecular formula is C17H10Cl2INO2. The maximum absolute atomic E-state index is 12.6. The van der Waals surface area contributed by atoms with Crippen LogP contribution in [0.5, 0.6) is 0 Å². The Labute approximate surface area is 156 Å². The number of nitrogens with zero attached hydrogens (tertiary/aromatic N) is 1. The molecule has 3 atom stereocenters. The van der Waals surface area contributed by atoms with Crippen LogP contribution >= 0.6 is 45.8 Å². The van der Waals surface area contributed by atoms with Gasteiger partial charge in [-0.25, -0.2) is 4.90 Å². The summed E-state index contributed by atoms with van der Waals surface area (Å²) in [5.41, 5.74) is 1.50. The minimum atomic E-state index is -0.264. The largest absolute Gasteiger partial charge is 0.274 e. The molecule has 1 heterocycles. The Morgan fingerprint density at radius 3 is 1.87 bits per heavy atom. The molecule has 6 heteroatoms. The summed E-state index contributed by atoms with van der Waals surface area (Å²) in [6.07, 6.45) is 0. The Bertz CT molecular complexity index is 795. The quantitative estimate of drug-likeness (QED) is 0.491. The third-order valence-electron chi connectivity index (χ3n) is 4.39. The van der Waals surface area contributed by atoms with Gasteiger partial charge in [-0.05, 0) is 58.5 Å². The van der Waals surface area contributed by atoms with E-state index >= 15 is 0 Å². The molecule has 0 N–H and O–H groups in total. The molecule has 2 aromatic rings. The Hall–Kier alpha value is -1.11. The molecular weight excluding hydrogens is 448 g/mol. The van der Waals surface area contributed by atoms with Crippen molar-refractivity contribution in [3.8, 4) is 0 Å². The summed E-state index contributed by atoms with van der Waals surface area (Å²) in [5.74, 6) is -0.859. The highest BCUT2D eigenvalue weighted by molar-refractivity contribution is 14.1. The zero-order valence-electron chi connectivity index (χ0n) is 11.7. The average Bonchev–Trinajstić information content (AvgIpc) is 3.16. The fourth-order valence-electron chi connectivity index (χ4n) is 3.35. The predicted octanol–water partition coefficient (Wildman–Crippen LogP) is 4.50. The number of rotatable bonds is 2. The first-order chi connectivity index (χ1) is 11.0. The molecule has 2 fully saturated rings. The van der Waals surface area contributed by atoms with E-state index in [0.717, 1.165) is 9.13 Å². The number of halogens is 3. The van der Waals surface area contributed by atoms with Gasteiger partial charge in [-0.2, -0.15) is 0 Å². The first-order valence-electron chi connectivity index (χ1n) is 7.07. The Kier molecular flexibility index (Phi) is 3.66. The SMILES string of the molecule is O=C1[C@@H]2C(c3ccc(I)cc3)[C@@H]2C(=O)N1c1cc(Cl)cc(Cl)c1. The van der Waals surface area contributed by atoms with Gasteiger partial charge in [0.1, 0.15) is 0 Å². The number of fused-ring (bicyclic) bond motifs is 1. The summed E-state index contributed by atoms with van der Waals surface area (Å²) in [5, 5.41) is 0.811. The maximum atomic E-state index is 12.6.